The molecule has 0 amide bonds. The number of thiophene rings is 1. The van der Waals surface area contributed by atoms with Crippen molar-refractivity contribution < 1.29 is 0 Å². The summed E-state index contributed by atoms with van der Waals surface area (Å²) in [5, 5.41) is 2.09. The van der Waals surface area contributed by atoms with Crippen molar-refractivity contribution in [3.63, 3.8) is 0 Å². The number of benzene rings is 1. The Hall–Kier alpha value is -1.12. The molecule has 17 heavy (non-hydrogen) atoms. The molecule has 1 saturated carbocycles. The third kappa shape index (κ3) is 2.15. The van der Waals surface area contributed by atoms with E-state index in [1.165, 1.54) is 35.3 Å². The zero-order valence-corrected chi connectivity index (χ0v) is 10.6. The second kappa shape index (κ2) is 4.63. The van der Waals surface area contributed by atoms with Crippen LogP contribution in [0.3, 0.4) is 0 Å². The zero-order chi connectivity index (χ0) is 11.7. The molecule has 1 nitrogen and oxygen atoms in total. The van der Waals surface area contributed by atoms with Gasteiger partial charge >= 0.3 is 0 Å². The first-order valence-corrected chi connectivity index (χ1v) is 7.11. The molecule has 88 valence electrons. The number of hydrogen-bond donors (Lipinski definition) is 1. The molecule has 0 aliphatic heterocycles. The van der Waals surface area contributed by atoms with Crippen LogP contribution in [0.1, 0.15) is 47.2 Å². The predicted octanol–water partition coefficient (Wildman–Crippen LogP) is 4.06. The van der Waals surface area contributed by atoms with Gasteiger partial charge in [-0.1, -0.05) is 36.8 Å². The highest BCUT2D eigenvalue weighted by Crippen LogP contribution is 2.37. The van der Waals surface area contributed by atoms with Crippen LogP contribution in [0.2, 0.25) is 0 Å². The normalized spacial score (nSPS) is 17.7. The van der Waals surface area contributed by atoms with E-state index in [4.69, 9.17) is 5.73 Å². The lowest BCUT2D eigenvalue weighted by Gasteiger charge is -2.26. The zero-order valence-electron chi connectivity index (χ0n) is 9.80. The van der Waals surface area contributed by atoms with Gasteiger partial charge in [-0.15, -0.1) is 11.3 Å². The van der Waals surface area contributed by atoms with E-state index in [2.05, 4.69) is 41.8 Å². The second-order valence-electron chi connectivity index (χ2n) is 4.79. The predicted molar refractivity (Wildman–Crippen MR) is 73.4 cm³/mol. The van der Waals surface area contributed by atoms with Crippen LogP contribution in [0.25, 0.3) is 0 Å². The molecule has 3 rings (SSSR count). The van der Waals surface area contributed by atoms with Crippen LogP contribution < -0.4 is 5.73 Å². The van der Waals surface area contributed by atoms with E-state index in [0.29, 0.717) is 0 Å². The maximum Gasteiger partial charge on any atom is 0.0646 e. The summed E-state index contributed by atoms with van der Waals surface area (Å²) in [6.07, 6.45) is 4.07. The van der Waals surface area contributed by atoms with Gasteiger partial charge in [0.05, 0.1) is 6.04 Å². The summed E-state index contributed by atoms with van der Waals surface area (Å²) < 4.78 is 0. The minimum absolute atomic E-state index is 0.0371. The van der Waals surface area contributed by atoms with Gasteiger partial charge in [0, 0.05) is 4.88 Å². The van der Waals surface area contributed by atoms with E-state index in [1.54, 1.807) is 11.3 Å². The molecule has 0 bridgehead atoms. The first-order valence-electron chi connectivity index (χ1n) is 6.23. The van der Waals surface area contributed by atoms with E-state index < -0.39 is 0 Å². The summed E-state index contributed by atoms with van der Waals surface area (Å²) in [7, 11) is 0. The summed E-state index contributed by atoms with van der Waals surface area (Å²) in [5.74, 6) is 0.783. The molecule has 0 radical (unpaired) electrons. The minimum atomic E-state index is 0.0371. The molecular weight excluding hydrogens is 226 g/mol. The van der Waals surface area contributed by atoms with Crippen molar-refractivity contribution >= 4 is 11.3 Å². The van der Waals surface area contributed by atoms with Crippen molar-refractivity contribution in [2.24, 2.45) is 5.73 Å². The van der Waals surface area contributed by atoms with Gasteiger partial charge in [-0.05, 0) is 41.3 Å². The van der Waals surface area contributed by atoms with Gasteiger partial charge in [0.2, 0.25) is 0 Å². The van der Waals surface area contributed by atoms with E-state index in [-0.39, 0.29) is 6.04 Å². The van der Waals surface area contributed by atoms with Crippen LogP contribution in [-0.2, 0) is 0 Å². The standard InChI is InChI=1S/C15H17NS/c16-15(14-8-3-9-17-14)13-7-2-6-12(10-13)11-4-1-5-11/h2-3,6-11,15H,1,4-5,16H2. The molecule has 1 aliphatic rings. The highest BCUT2D eigenvalue weighted by Gasteiger charge is 2.20. The van der Waals surface area contributed by atoms with Crippen LogP contribution in [0.15, 0.2) is 41.8 Å². The quantitative estimate of drug-likeness (QED) is 0.864. The second-order valence-corrected chi connectivity index (χ2v) is 5.77. The summed E-state index contributed by atoms with van der Waals surface area (Å²) in [6.45, 7) is 0. The average molecular weight is 243 g/mol. The molecule has 0 spiro atoms. The van der Waals surface area contributed by atoms with Gasteiger partial charge in [0.15, 0.2) is 0 Å². The molecular formula is C15H17NS. The summed E-state index contributed by atoms with van der Waals surface area (Å²) in [4.78, 5) is 1.25. The Labute approximate surface area is 106 Å². The number of nitrogens with two attached hydrogens (primary N) is 1. The molecule has 1 atom stereocenters. The van der Waals surface area contributed by atoms with E-state index in [9.17, 15) is 0 Å². The maximum absolute atomic E-state index is 6.30. The molecule has 1 heterocycles. The Morgan fingerprint density at radius 3 is 2.71 bits per heavy atom. The molecule has 0 saturated heterocycles. The number of rotatable bonds is 3. The summed E-state index contributed by atoms with van der Waals surface area (Å²) >= 11 is 1.73. The lowest BCUT2D eigenvalue weighted by molar-refractivity contribution is 0.419. The summed E-state index contributed by atoms with van der Waals surface area (Å²) in [5.41, 5.74) is 9.02. The van der Waals surface area contributed by atoms with Crippen molar-refractivity contribution in [1.82, 2.24) is 0 Å². The smallest absolute Gasteiger partial charge is 0.0646 e. The third-order valence-electron chi connectivity index (χ3n) is 3.70. The van der Waals surface area contributed by atoms with E-state index in [0.717, 1.165) is 5.92 Å². The van der Waals surface area contributed by atoms with Crippen LogP contribution in [0.5, 0.6) is 0 Å². The van der Waals surface area contributed by atoms with Crippen LogP contribution in [0.4, 0.5) is 0 Å². The first-order chi connectivity index (χ1) is 8.34. The SMILES string of the molecule is NC(c1cccc(C2CCC2)c1)c1cccs1. The molecule has 1 unspecified atom stereocenters. The Morgan fingerprint density at radius 2 is 2.06 bits per heavy atom. The largest absolute Gasteiger partial charge is 0.320 e. The van der Waals surface area contributed by atoms with Crippen molar-refractivity contribution in [1.29, 1.82) is 0 Å². The maximum atomic E-state index is 6.30. The van der Waals surface area contributed by atoms with Crippen LogP contribution >= 0.6 is 11.3 Å². The van der Waals surface area contributed by atoms with Crippen molar-refractivity contribution in [2.75, 3.05) is 0 Å². The van der Waals surface area contributed by atoms with Gasteiger partial charge in [-0.25, -0.2) is 0 Å². The van der Waals surface area contributed by atoms with Crippen LogP contribution in [-0.4, -0.2) is 0 Å². The van der Waals surface area contributed by atoms with E-state index in [1.807, 2.05) is 0 Å². The van der Waals surface area contributed by atoms with Crippen molar-refractivity contribution in [2.45, 2.75) is 31.2 Å². The van der Waals surface area contributed by atoms with Gasteiger partial charge in [0.25, 0.3) is 0 Å². The molecule has 1 aromatic carbocycles. The van der Waals surface area contributed by atoms with Gasteiger partial charge < -0.3 is 5.73 Å². The van der Waals surface area contributed by atoms with Crippen molar-refractivity contribution in [3.8, 4) is 0 Å². The Morgan fingerprint density at radius 1 is 1.18 bits per heavy atom. The fraction of sp³-hybridized carbons (Fsp3) is 0.333. The molecule has 1 aliphatic carbocycles. The number of hydrogen-bond acceptors (Lipinski definition) is 2. The fourth-order valence-corrected chi connectivity index (χ4v) is 3.13. The fourth-order valence-electron chi connectivity index (χ4n) is 2.38. The van der Waals surface area contributed by atoms with Gasteiger partial charge in [0.1, 0.15) is 0 Å². The molecule has 2 N–H and O–H groups in total. The minimum Gasteiger partial charge on any atom is -0.320 e. The lowest BCUT2D eigenvalue weighted by Crippen LogP contribution is -2.13. The van der Waals surface area contributed by atoms with Gasteiger partial charge in [-0.2, -0.15) is 0 Å². The Bertz CT molecular complexity index is 485. The molecule has 1 aromatic heterocycles. The summed E-state index contributed by atoms with van der Waals surface area (Å²) in [6, 6.07) is 13.1. The van der Waals surface area contributed by atoms with Crippen molar-refractivity contribution in [3.05, 3.63) is 57.8 Å². The van der Waals surface area contributed by atoms with Crippen LogP contribution in [0, 0.1) is 0 Å². The van der Waals surface area contributed by atoms with E-state index >= 15 is 0 Å². The monoisotopic (exact) mass is 243 g/mol. The van der Waals surface area contributed by atoms with Gasteiger partial charge in [-0.3, -0.25) is 0 Å². The molecule has 2 heteroatoms. The highest BCUT2D eigenvalue weighted by molar-refractivity contribution is 7.10. The molecule has 2 aromatic rings. The Balaban J connectivity index is 1.87. The lowest BCUT2D eigenvalue weighted by atomic mass is 9.79. The third-order valence-corrected chi connectivity index (χ3v) is 4.65. The Kier molecular flexibility index (Phi) is 3.00. The average Bonchev–Trinajstić information content (AvgIpc) is 2.79. The topological polar surface area (TPSA) is 26.0 Å². The highest BCUT2D eigenvalue weighted by atomic mass is 32.1. The first kappa shape index (κ1) is 11.0. The molecule has 1 fully saturated rings.